The number of aliphatic hydroxyl groups is 1. The van der Waals surface area contributed by atoms with Crippen molar-refractivity contribution in [1.82, 2.24) is 4.98 Å². The smallest absolute Gasteiger partial charge is 0.257 e. The maximum absolute atomic E-state index is 12.3. The Morgan fingerprint density at radius 1 is 0.968 bits per heavy atom. The number of amides is 3. The molecule has 3 rings (SSSR count). The molecule has 0 radical (unpaired) electrons. The van der Waals surface area contributed by atoms with Gasteiger partial charge in [0.05, 0.1) is 12.1 Å². The number of nitrogens with two attached hydrogens (primary N) is 1. The van der Waals surface area contributed by atoms with Gasteiger partial charge < -0.3 is 26.8 Å². The van der Waals surface area contributed by atoms with Crippen LogP contribution in [0.1, 0.15) is 22.0 Å². The number of primary amides is 1. The molecule has 1 aromatic heterocycles. The second-order valence-corrected chi connectivity index (χ2v) is 6.57. The number of nitrogens with one attached hydrogen (secondary N) is 3. The Bertz CT molecular complexity index is 1090. The normalized spacial score (nSPS) is 11.3. The van der Waals surface area contributed by atoms with E-state index in [1.54, 1.807) is 66.9 Å². The highest BCUT2D eigenvalue weighted by molar-refractivity contribution is 6.00. The molecule has 1 atom stereocenters. The molecule has 31 heavy (non-hydrogen) atoms. The fourth-order valence-electron chi connectivity index (χ4n) is 2.81. The third-order valence-electron chi connectivity index (χ3n) is 4.29. The molecule has 6 N–H and O–H groups in total. The summed E-state index contributed by atoms with van der Waals surface area (Å²) in [7, 11) is 0. The topological polar surface area (TPSA) is 146 Å². The molecule has 0 aliphatic carbocycles. The summed E-state index contributed by atoms with van der Waals surface area (Å²) in [6, 6.07) is 16.3. The maximum Gasteiger partial charge on any atom is 0.257 e. The summed E-state index contributed by atoms with van der Waals surface area (Å²) in [4.78, 5) is 39.9. The van der Waals surface area contributed by atoms with E-state index < -0.39 is 17.9 Å². The summed E-state index contributed by atoms with van der Waals surface area (Å²) >= 11 is 0. The number of aliphatic hydroxyl groups excluding tert-OH is 1. The Labute approximate surface area is 178 Å². The van der Waals surface area contributed by atoms with E-state index >= 15 is 0 Å². The van der Waals surface area contributed by atoms with E-state index in [-0.39, 0.29) is 18.0 Å². The molecule has 0 spiro atoms. The predicted octanol–water partition coefficient (Wildman–Crippen LogP) is 1.90. The first kappa shape index (κ1) is 21.5. The monoisotopic (exact) mass is 419 g/mol. The number of benzene rings is 2. The van der Waals surface area contributed by atoms with Crippen LogP contribution in [-0.4, -0.2) is 34.4 Å². The van der Waals surface area contributed by atoms with Gasteiger partial charge in [0.15, 0.2) is 6.10 Å². The molecular weight excluding hydrogens is 398 g/mol. The van der Waals surface area contributed by atoms with E-state index in [1.165, 1.54) is 6.20 Å². The second kappa shape index (κ2) is 9.99. The number of para-hydroxylation sites is 1. The van der Waals surface area contributed by atoms with Gasteiger partial charge in [0.1, 0.15) is 0 Å². The van der Waals surface area contributed by atoms with Crippen LogP contribution in [-0.2, 0) is 9.59 Å². The van der Waals surface area contributed by atoms with Gasteiger partial charge in [0.25, 0.3) is 11.8 Å². The van der Waals surface area contributed by atoms with Crippen molar-refractivity contribution in [2.75, 3.05) is 22.5 Å². The van der Waals surface area contributed by atoms with Gasteiger partial charge in [0, 0.05) is 35.0 Å². The molecule has 158 valence electrons. The van der Waals surface area contributed by atoms with Crippen molar-refractivity contribution in [2.24, 2.45) is 5.73 Å². The highest BCUT2D eigenvalue weighted by Crippen LogP contribution is 2.19. The van der Waals surface area contributed by atoms with Crippen LogP contribution >= 0.6 is 0 Å². The van der Waals surface area contributed by atoms with E-state index in [1.807, 2.05) is 0 Å². The molecule has 2 aromatic carbocycles. The zero-order chi connectivity index (χ0) is 22.2. The molecule has 3 aromatic rings. The van der Waals surface area contributed by atoms with Crippen LogP contribution in [0.3, 0.4) is 0 Å². The summed E-state index contributed by atoms with van der Waals surface area (Å²) in [6.07, 6.45) is 1.58. The lowest BCUT2D eigenvalue weighted by molar-refractivity contribution is -0.124. The third kappa shape index (κ3) is 5.87. The molecule has 0 aliphatic heterocycles. The van der Waals surface area contributed by atoms with Gasteiger partial charge in [-0.25, -0.2) is 0 Å². The molecule has 1 unspecified atom stereocenters. The average molecular weight is 419 g/mol. The highest BCUT2D eigenvalue weighted by Gasteiger charge is 2.17. The number of carbonyl (C=O) groups excluding carboxylic acids is 3. The molecule has 1 heterocycles. The number of hydrogen-bond donors (Lipinski definition) is 5. The lowest BCUT2D eigenvalue weighted by atomic mass is 10.1. The zero-order valence-corrected chi connectivity index (χ0v) is 16.4. The third-order valence-corrected chi connectivity index (χ3v) is 4.29. The van der Waals surface area contributed by atoms with E-state index in [0.717, 1.165) is 0 Å². The van der Waals surface area contributed by atoms with E-state index in [0.29, 0.717) is 22.6 Å². The van der Waals surface area contributed by atoms with Crippen molar-refractivity contribution in [3.05, 3.63) is 84.2 Å². The minimum atomic E-state index is -1.37. The van der Waals surface area contributed by atoms with Crippen LogP contribution in [0.5, 0.6) is 0 Å². The minimum absolute atomic E-state index is 0.0966. The van der Waals surface area contributed by atoms with Crippen LogP contribution in [0.2, 0.25) is 0 Å². The summed E-state index contributed by atoms with van der Waals surface area (Å²) in [5.41, 5.74) is 7.28. The Morgan fingerprint density at radius 3 is 2.42 bits per heavy atom. The first-order chi connectivity index (χ1) is 14.9. The van der Waals surface area contributed by atoms with Crippen LogP contribution in [0.15, 0.2) is 73.1 Å². The molecule has 0 fully saturated rings. The largest absolute Gasteiger partial charge is 0.378 e. The van der Waals surface area contributed by atoms with Gasteiger partial charge in [-0.2, -0.15) is 0 Å². The van der Waals surface area contributed by atoms with E-state index in [2.05, 4.69) is 20.9 Å². The number of carbonyl (C=O) groups is 3. The maximum atomic E-state index is 12.3. The molecular formula is C22H21N5O4. The van der Waals surface area contributed by atoms with Crippen molar-refractivity contribution in [1.29, 1.82) is 0 Å². The van der Waals surface area contributed by atoms with Crippen molar-refractivity contribution in [3.8, 4) is 0 Å². The molecule has 0 bridgehead atoms. The van der Waals surface area contributed by atoms with Crippen LogP contribution < -0.4 is 21.7 Å². The van der Waals surface area contributed by atoms with Gasteiger partial charge in [-0.05, 0) is 36.4 Å². The number of anilines is 3. The van der Waals surface area contributed by atoms with Gasteiger partial charge in [-0.3, -0.25) is 19.4 Å². The van der Waals surface area contributed by atoms with Gasteiger partial charge >= 0.3 is 0 Å². The first-order valence-electron chi connectivity index (χ1n) is 9.35. The quantitative estimate of drug-likeness (QED) is 0.377. The molecule has 0 saturated heterocycles. The predicted molar refractivity (Wildman–Crippen MR) is 116 cm³/mol. The molecule has 9 heteroatoms. The molecule has 9 nitrogen and oxygen atoms in total. The number of pyridine rings is 1. The average Bonchev–Trinajstić information content (AvgIpc) is 2.78. The minimum Gasteiger partial charge on any atom is -0.378 e. The fourth-order valence-corrected chi connectivity index (χ4v) is 2.81. The summed E-state index contributed by atoms with van der Waals surface area (Å²) in [5.74, 6) is -1.58. The molecule has 0 aliphatic rings. The molecule has 0 saturated carbocycles. The van der Waals surface area contributed by atoms with Crippen molar-refractivity contribution in [3.63, 3.8) is 0 Å². The fraction of sp³-hybridized carbons (Fsp3) is 0.0909. The van der Waals surface area contributed by atoms with Gasteiger partial charge in [0.2, 0.25) is 5.91 Å². The highest BCUT2D eigenvalue weighted by atomic mass is 16.3. The molecule has 3 amide bonds. The van der Waals surface area contributed by atoms with Crippen molar-refractivity contribution < 1.29 is 19.5 Å². The Balaban J connectivity index is 1.58. The Hall–Kier alpha value is -4.24. The van der Waals surface area contributed by atoms with Gasteiger partial charge in [-0.1, -0.05) is 24.3 Å². The summed E-state index contributed by atoms with van der Waals surface area (Å²) in [6.45, 7) is -0.0966. The Kier molecular flexibility index (Phi) is 6.92. The lowest BCUT2D eigenvalue weighted by Gasteiger charge is -2.13. The van der Waals surface area contributed by atoms with Gasteiger partial charge in [-0.15, -0.1) is 0 Å². The first-order valence-corrected chi connectivity index (χ1v) is 9.35. The zero-order valence-electron chi connectivity index (χ0n) is 16.4. The number of rotatable bonds is 8. The van der Waals surface area contributed by atoms with Crippen LogP contribution in [0.25, 0.3) is 0 Å². The summed E-state index contributed by atoms with van der Waals surface area (Å²) < 4.78 is 0. The van der Waals surface area contributed by atoms with Crippen LogP contribution in [0, 0.1) is 0 Å². The SMILES string of the molecule is NC(=O)c1ccccc1NCC(=O)Nc1cccc(NC(=O)C(O)c2cccnc2)c1. The van der Waals surface area contributed by atoms with E-state index in [4.69, 9.17) is 5.73 Å². The lowest BCUT2D eigenvalue weighted by Crippen LogP contribution is -2.24. The standard InChI is InChI=1S/C22H21N5O4/c23-21(30)17-8-1-2-9-18(17)25-13-19(28)26-15-6-3-7-16(11-15)27-22(31)20(29)14-5-4-10-24-12-14/h1-12,20,25,29H,13H2,(H2,23,30)(H,26,28)(H,27,31). The second-order valence-electron chi connectivity index (χ2n) is 6.57. The Morgan fingerprint density at radius 2 is 1.71 bits per heavy atom. The number of hydrogen-bond acceptors (Lipinski definition) is 6. The van der Waals surface area contributed by atoms with Crippen molar-refractivity contribution >= 4 is 34.8 Å². The number of nitrogens with zero attached hydrogens (tertiary/aromatic N) is 1. The van der Waals surface area contributed by atoms with Crippen LogP contribution in [0.4, 0.5) is 17.1 Å². The number of aromatic nitrogens is 1. The summed E-state index contributed by atoms with van der Waals surface area (Å²) in [5, 5.41) is 18.3. The van der Waals surface area contributed by atoms with Crippen molar-refractivity contribution in [2.45, 2.75) is 6.10 Å². The van der Waals surface area contributed by atoms with E-state index in [9.17, 15) is 19.5 Å².